The summed E-state index contributed by atoms with van der Waals surface area (Å²) in [7, 11) is 1.63. The van der Waals surface area contributed by atoms with Crippen LogP contribution in [0.4, 0.5) is 0 Å². The molecule has 0 radical (unpaired) electrons. The van der Waals surface area contributed by atoms with E-state index in [1.807, 2.05) is 38.1 Å². The van der Waals surface area contributed by atoms with Crippen LogP contribution < -0.4 is 4.74 Å². The lowest BCUT2D eigenvalue weighted by Crippen LogP contribution is -2.46. The fraction of sp³-hybridized carbons (Fsp3) is 0.500. The highest BCUT2D eigenvalue weighted by Crippen LogP contribution is 2.26. The molecule has 1 aliphatic rings. The average Bonchev–Trinajstić information content (AvgIpc) is 2.71. The number of ketones is 1. The van der Waals surface area contributed by atoms with E-state index >= 15 is 0 Å². The van der Waals surface area contributed by atoms with Crippen molar-refractivity contribution in [3.63, 3.8) is 0 Å². The number of likely N-dealkylation sites (tertiary alicyclic amines) is 1. The lowest BCUT2D eigenvalue weighted by molar-refractivity contribution is -0.138. The van der Waals surface area contributed by atoms with Gasteiger partial charge in [-0.05, 0) is 38.0 Å². The number of hydrogen-bond donors (Lipinski definition) is 0. The zero-order valence-corrected chi connectivity index (χ0v) is 12.3. The molecule has 0 saturated carbocycles. The first-order valence-electron chi connectivity index (χ1n) is 6.92. The second kappa shape index (κ2) is 5.65. The van der Waals surface area contributed by atoms with Crippen LogP contribution in [0.15, 0.2) is 24.3 Å². The largest absolute Gasteiger partial charge is 0.497 e. The number of hydrogen-bond acceptors (Lipinski definition) is 3. The number of carbonyl (C=O) groups is 2. The lowest BCUT2D eigenvalue weighted by Gasteiger charge is -2.30. The van der Waals surface area contributed by atoms with Gasteiger partial charge in [0.15, 0.2) is 5.78 Å². The zero-order chi connectivity index (χ0) is 14.8. The van der Waals surface area contributed by atoms with Crippen molar-refractivity contribution in [2.24, 2.45) is 0 Å². The van der Waals surface area contributed by atoms with Gasteiger partial charge in [-0.3, -0.25) is 9.59 Å². The van der Waals surface area contributed by atoms with Gasteiger partial charge in [-0.15, -0.1) is 0 Å². The van der Waals surface area contributed by atoms with Crippen molar-refractivity contribution in [2.45, 2.75) is 38.6 Å². The number of aryl methyl sites for hydroxylation is 1. The average molecular weight is 275 g/mol. The smallest absolute Gasteiger partial charge is 0.223 e. The fourth-order valence-corrected chi connectivity index (χ4v) is 2.60. The molecule has 0 bridgehead atoms. The monoisotopic (exact) mass is 275 g/mol. The van der Waals surface area contributed by atoms with E-state index in [9.17, 15) is 9.59 Å². The molecule has 1 heterocycles. The Morgan fingerprint density at radius 2 is 2.15 bits per heavy atom. The normalized spacial score (nSPS) is 17.4. The highest BCUT2D eigenvalue weighted by Gasteiger charge is 2.42. The van der Waals surface area contributed by atoms with Crippen molar-refractivity contribution in [3.05, 3.63) is 29.8 Å². The summed E-state index contributed by atoms with van der Waals surface area (Å²) in [6.45, 7) is 4.19. The molecular formula is C16H21NO3. The maximum Gasteiger partial charge on any atom is 0.223 e. The van der Waals surface area contributed by atoms with Crippen LogP contribution in [0.5, 0.6) is 5.75 Å². The molecule has 4 heteroatoms. The first kappa shape index (κ1) is 14.6. The SMILES string of the molecule is COc1cccc(CCC(=O)N2CCC(=O)C2(C)C)c1. The van der Waals surface area contributed by atoms with Crippen LogP contribution in [0, 0.1) is 0 Å². The van der Waals surface area contributed by atoms with E-state index in [4.69, 9.17) is 4.74 Å². The summed E-state index contributed by atoms with van der Waals surface area (Å²) < 4.78 is 5.17. The highest BCUT2D eigenvalue weighted by atomic mass is 16.5. The molecule has 1 fully saturated rings. The Balaban J connectivity index is 1.97. The molecule has 2 rings (SSSR count). The fourth-order valence-electron chi connectivity index (χ4n) is 2.60. The van der Waals surface area contributed by atoms with E-state index in [1.165, 1.54) is 0 Å². The Bertz CT molecular complexity index is 522. The molecule has 1 aromatic rings. The van der Waals surface area contributed by atoms with Gasteiger partial charge < -0.3 is 9.64 Å². The maximum absolute atomic E-state index is 12.3. The summed E-state index contributed by atoms with van der Waals surface area (Å²) in [5.41, 5.74) is 0.423. The van der Waals surface area contributed by atoms with Crippen molar-refractivity contribution in [1.82, 2.24) is 4.90 Å². The Morgan fingerprint density at radius 3 is 2.75 bits per heavy atom. The summed E-state index contributed by atoms with van der Waals surface area (Å²) in [6.07, 6.45) is 1.55. The van der Waals surface area contributed by atoms with Gasteiger partial charge in [-0.2, -0.15) is 0 Å². The van der Waals surface area contributed by atoms with Gasteiger partial charge in [0.05, 0.1) is 12.6 Å². The molecule has 1 saturated heterocycles. The first-order chi connectivity index (χ1) is 9.45. The van der Waals surface area contributed by atoms with Crippen LogP contribution in [0.25, 0.3) is 0 Å². The molecule has 0 aromatic heterocycles. The number of benzene rings is 1. The van der Waals surface area contributed by atoms with Gasteiger partial charge in [0, 0.05) is 19.4 Å². The molecule has 0 spiro atoms. The summed E-state index contributed by atoms with van der Waals surface area (Å²) in [5.74, 6) is 0.988. The van der Waals surface area contributed by atoms with E-state index in [0.29, 0.717) is 25.8 Å². The second-order valence-corrected chi connectivity index (χ2v) is 5.63. The molecular weight excluding hydrogens is 254 g/mol. The molecule has 108 valence electrons. The quantitative estimate of drug-likeness (QED) is 0.846. The van der Waals surface area contributed by atoms with Crippen molar-refractivity contribution < 1.29 is 14.3 Å². The second-order valence-electron chi connectivity index (χ2n) is 5.63. The predicted molar refractivity (Wildman–Crippen MR) is 76.7 cm³/mol. The third-order valence-corrected chi connectivity index (χ3v) is 3.98. The van der Waals surface area contributed by atoms with E-state index in [-0.39, 0.29) is 11.7 Å². The Morgan fingerprint density at radius 1 is 1.40 bits per heavy atom. The minimum Gasteiger partial charge on any atom is -0.497 e. The zero-order valence-electron chi connectivity index (χ0n) is 12.3. The number of carbonyl (C=O) groups excluding carboxylic acids is 2. The number of rotatable bonds is 4. The summed E-state index contributed by atoms with van der Waals surface area (Å²) in [6, 6.07) is 7.72. The molecule has 4 nitrogen and oxygen atoms in total. The molecule has 0 N–H and O–H groups in total. The third-order valence-electron chi connectivity index (χ3n) is 3.98. The van der Waals surface area contributed by atoms with Gasteiger partial charge in [0.25, 0.3) is 0 Å². The topological polar surface area (TPSA) is 46.6 Å². The number of methoxy groups -OCH3 is 1. The lowest BCUT2D eigenvalue weighted by atomic mass is 10.00. The van der Waals surface area contributed by atoms with Crippen LogP contribution in [0.1, 0.15) is 32.3 Å². The molecule has 20 heavy (non-hydrogen) atoms. The van der Waals surface area contributed by atoms with Crippen LogP contribution in [0.3, 0.4) is 0 Å². The number of nitrogens with zero attached hydrogens (tertiary/aromatic N) is 1. The van der Waals surface area contributed by atoms with Crippen LogP contribution in [0.2, 0.25) is 0 Å². The minimum atomic E-state index is -0.647. The van der Waals surface area contributed by atoms with Gasteiger partial charge in [-0.25, -0.2) is 0 Å². The number of ether oxygens (including phenoxy) is 1. The standard InChI is InChI=1S/C16H21NO3/c1-16(2)14(18)9-10-17(16)15(19)8-7-12-5-4-6-13(11-12)20-3/h4-6,11H,7-10H2,1-3H3. The summed E-state index contributed by atoms with van der Waals surface area (Å²) in [4.78, 5) is 25.7. The van der Waals surface area contributed by atoms with Crippen molar-refractivity contribution in [1.29, 1.82) is 0 Å². The van der Waals surface area contributed by atoms with E-state index < -0.39 is 5.54 Å². The molecule has 0 unspecified atom stereocenters. The van der Waals surface area contributed by atoms with Crippen molar-refractivity contribution in [3.8, 4) is 5.75 Å². The predicted octanol–water partition coefficient (Wildman–Crippen LogP) is 2.21. The molecule has 0 atom stereocenters. The molecule has 1 aliphatic heterocycles. The Kier molecular flexibility index (Phi) is 4.12. The van der Waals surface area contributed by atoms with E-state index in [0.717, 1.165) is 11.3 Å². The summed E-state index contributed by atoms with van der Waals surface area (Å²) >= 11 is 0. The number of Topliss-reactive ketones (excluding diaryl/α,β-unsaturated/α-hetero) is 1. The van der Waals surface area contributed by atoms with Crippen LogP contribution >= 0.6 is 0 Å². The van der Waals surface area contributed by atoms with Crippen molar-refractivity contribution in [2.75, 3.05) is 13.7 Å². The van der Waals surface area contributed by atoms with Crippen molar-refractivity contribution >= 4 is 11.7 Å². The minimum absolute atomic E-state index is 0.0451. The van der Waals surface area contributed by atoms with E-state index in [2.05, 4.69) is 0 Å². The van der Waals surface area contributed by atoms with Gasteiger partial charge in [0.1, 0.15) is 5.75 Å². The maximum atomic E-state index is 12.3. The highest BCUT2D eigenvalue weighted by molar-refractivity contribution is 5.95. The van der Waals surface area contributed by atoms with Crippen LogP contribution in [-0.2, 0) is 16.0 Å². The Hall–Kier alpha value is -1.84. The van der Waals surface area contributed by atoms with E-state index in [1.54, 1.807) is 12.0 Å². The third kappa shape index (κ3) is 2.84. The van der Waals surface area contributed by atoms with Crippen LogP contribution in [-0.4, -0.2) is 35.8 Å². The molecule has 0 aliphatic carbocycles. The molecule has 1 amide bonds. The summed E-state index contributed by atoms with van der Waals surface area (Å²) in [5, 5.41) is 0. The first-order valence-corrected chi connectivity index (χ1v) is 6.92. The van der Waals surface area contributed by atoms with Gasteiger partial charge in [-0.1, -0.05) is 12.1 Å². The Labute approximate surface area is 119 Å². The van der Waals surface area contributed by atoms with Gasteiger partial charge in [0.2, 0.25) is 5.91 Å². The van der Waals surface area contributed by atoms with Gasteiger partial charge >= 0.3 is 0 Å². The molecule has 1 aromatic carbocycles. The number of amides is 1.